The molecule has 1 atom stereocenters. The summed E-state index contributed by atoms with van der Waals surface area (Å²) in [5, 5.41) is 9.37. The van der Waals surface area contributed by atoms with Crippen molar-refractivity contribution in [2.24, 2.45) is 5.92 Å². The van der Waals surface area contributed by atoms with Crippen LogP contribution >= 0.6 is 0 Å². The van der Waals surface area contributed by atoms with Gasteiger partial charge in [-0.25, -0.2) is 0 Å². The summed E-state index contributed by atoms with van der Waals surface area (Å²) in [4.78, 5) is 0. The molecule has 0 bridgehead atoms. The quantitative estimate of drug-likeness (QED) is 0.553. The van der Waals surface area contributed by atoms with Crippen molar-refractivity contribution in [1.82, 2.24) is 0 Å². The monoisotopic (exact) mass is 140 g/mol. The normalized spacial score (nSPS) is 30.4. The van der Waals surface area contributed by atoms with Crippen LogP contribution < -0.4 is 0 Å². The Labute approximate surface area is 62.8 Å². The molecule has 0 radical (unpaired) electrons. The summed E-state index contributed by atoms with van der Waals surface area (Å²) in [5.74, 6) is 0.586. The van der Waals surface area contributed by atoms with E-state index < -0.39 is 0 Å². The second kappa shape index (κ2) is 3.20. The lowest BCUT2D eigenvalue weighted by Crippen LogP contribution is -2.02. The molecule has 1 nitrogen and oxygen atoms in total. The average Bonchev–Trinajstić information content (AvgIpc) is 2.15. The van der Waals surface area contributed by atoms with Gasteiger partial charge in [-0.2, -0.15) is 0 Å². The molecular formula is C9H16O. The van der Waals surface area contributed by atoms with E-state index in [9.17, 15) is 5.11 Å². The van der Waals surface area contributed by atoms with Crippen molar-refractivity contribution in [3.8, 4) is 0 Å². The minimum absolute atomic E-state index is 0.123. The Balaban J connectivity index is 2.54. The largest absolute Gasteiger partial charge is 0.389 e. The van der Waals surface area contributed by atoms with E-state index in [0.717, 1.165) is 12.8 Å². The van der Waals surface area contributed by atoms with Crippen LogP contribution in [0.4, 0.5) is 0 Å². The van der Waals surface area contributed by atoms with Crippen molar-refractivity contribution >= 4 is 0 Å². The van der Waals surface area contributed by atoms with E-state index in [0.29, 0.717) is 5.92 Å². The van der Waals surface area contributed by atoms with Crippen LogP contribution in [0.3, 0.4) is 0 Å². The lowest BCUT2D eigenvalue weighted by molar-refractivity contribution is 0.217. The van der Waals surface area contributed by atoms with Gasteiger partial charge in [-0.3, -0.25) is 0 Å². The second-order valence-electron chi connectivity index (χ2n) is 3.39. The minimum atomic E-state index is -0.123. The number of hydrogen-bond acceptors (Lipinski definition) is 1. The van der Waals surface area contributed by atoms with Crippen LogP contribution in [0.25, 0.3) is 0 Å². The zero-order chi connectivity index (χ0) is 7.56. The highest BCUT2D eigenvalue weighted by Gasteiger charge is 2.17. The number of aliphatic hydroxyl groups is 1. The van der Waals surface area contributed by atoms with Gasteiger partial charge in [-0.05, 0) is 30.8 Å². The number of allylic oxidation sites excluding steroid dienone is 1. The molecule has 0 aromatic rings. The van der Waals surface area contributed by atoms with Crippen molar-refractivity contribution in [3.63, 3.8) is 0 Å². The zero-order valence-electron chi connectivity index (χ0n) is 6.80. The van der Waals surface area contributed by atoms with E-state index in [1.165, 1.54) is 12.0 Å². The molecule has 1 heteroatoms. The van der Waals surface area contributed by atoms with Crippen LogP contribution in [0, 0.1) is 5.92 Å². The maximum absolute atomic E-state index is 9.37. The third-order valence-corrected chi connectivity index (χ3v) is 1.92. The molecule has 10 heavy (non-hydrogen) atoms. The summed E-state index contributed by atoms with van der Waals surface area (Å²) < 4.78 is 0. The maximum atomic E-state index is 9.37. The SMILES string of the molecule is CC(C)/C=C1/CCC[C@H]1O. The molecule has 0 amide bonds. The summed E-state index contributed by atoms with van der Waals surface area (Å²) >= 11 is 0. The van der Waals surface area contributed by atoms with Gasteiger partial charge in [-0.1, -0.05) is 19.9 Å². The Morgan fingerprint density at radius 1 is 1.60 bits per heavy atom. The molecule has 58 valence electrons. The van der Waals surface area contributed by atoms with Gasteiger partial charge in [0.1, 0.15) is 0 Å². The Bertz CT molecular complexity index is 136. The van der Waals surface area contributed by atoms with Gasteiger partial charge in [0.15, 0.2) is 0 Å². The first-order valence-electron chi connectivity index (χ1n) is 4.09. The number of hydrogen-bond donors (Lipinski definition) is 1. The molecular weight excluding hydrogens is 124 g/mol. The molecule has 0 aromatic carbocycles. The Morgan fingerprint density at radius 3 is 2.70 bits per heavy atom. The molecule has 1 aliphatic carbocycles. The highest BCUT2D eigenvalue weighted by molar-refractivity contribution is 5.12. The highest BCUT2D eigenvalue weighted by Crippen LogP contribution is 2.25. The van der Waals surface area contributed by atoms with Crippen molar-refractivity contribution < 1.29 is 5.11 Å². The van der Waals surface area contributed by atoms with Crippen LogP contribution in [0.1, 0.15) is 33.1 Å². The van der Waals surface area contributed by atoms with E-state index in [4.69, 9.17) is 0 Å². The fraction of sp³-hybridized carbons (Fsp3) is 0.778. The van der Waals surface area contributed by atoms with Crippen LogP contribution in [-0.2, 0) is 0 Å². The molecule has 1 aliphatic rings. The van der Waals surface area contributed by atoms with Gasteiger partial charge >= 0.3 is 0 Å². The Kier molecular flexibility index (Phi) is 2.50. The van der Waals surface area contributed by atoms with Crippen LogP contribution in [0.5, 0.6) is 0 Å². The molecule has 0 heterocycles. The van der Waals surface area contributed by atoms with Crippen LogP contribution in [0.2, 0.25) is 0 Å². The van der Waals surface area contributed by atoms with Gasteiger partial charge in [0.25, 0.3) is 0 Å². The second-order valence-corrected chi connectivity index (χ2v) is 3.39. The minimum Gasteiger partial charge on any atom is -0.389 e. The van der Waals surface area contributed by atoms with E-state index in [2.05, 4.69) is 19.9 Å². The molecule has 0 unspecified atom stereocenters. The van der Waals surface area contributed by atoms with E-state index in [1.807, 2.05) is 0 Å². The summed E-state index contributed by atoms with van der Waals surface area (Å²) in [5.41, 5.74) is 1.26. The lowest BCUT2D eigenvalue weighted by atomic mass is 10.1. The van der Waals surface area contributed by atoms with Crippen molar-refractivity contribution in [3.05, 3.63) is 11.6 Å². The van der Waals surface area contributed by atoms with Gasteiger partial charge < -0.3 is 5.11 Å². The lowest BCUT2D eigenvalue weighted by Gasteiger charge is -2.04. The predicted octanol–water partition coefficient (Wildman–Crippen LogP) is 2.11. The van der Waals surface area contributed by atoms with E-state index in [1.54, 1.807) is 0 Å². The van der Waals surface area contributed by atoms with E-state index in [-0.39, 0.29) is 6.10 Å². The Hall–Kier alpha value is -0.300. The molecule has 0 spiro atoms. The Morgan fingerprint density at radius 2 is 2.30 bits per heavy atom. The fourth-order valence-corrected chi connectivity index (χ4v) is 1.47. The first-order valence-corrected chi connectivity index (χ1v) is 4.09. The standard InChI is InChI=1S/C9H16O/c1-7(2)6-8-4-3-5-9(8)10/h6-7,9-10H,3-5H2,1-2H3/b8-6-/t9-/m1/s1. The third-order valence-electron chi connectivity index (χ3n) is 1.92. The van der Waals surface area contributed by atoms with Crippen LogP contribution in [0.15, 0.2) is 11.6 Å². The van der Waals surface area contributed by atoms with Crippen molar-refractivity contribution in [2.75, 3.05) is 0 Å². The first-order chi connectivity index (χ1) is 4.70. The molecule has 1 N–H and O–H groups in total. The zero-order valence-corrected chi connectivity index (χ0v) is 6.80. The average molecular weight is 140 g/mol. The smallest absolute Gasteiger partial charge is 0.0750 e. The topological polar surface area (TPSA) is 20.2 Å². The maximum Gasteiger partial charge on any atom is 0.0750 e. The van der Waals surface area contributed by atoms with Crippen molar-refractivity contribution in [2.45, 2.75) is 39.2 Å². The summed E-state index contributed by atoms with van der Waals surface area (Å²) in [6, 6.07) is 0. The predicted molar refractivity (Wildman–Crippen MR) is 42.8 cm³/mol. The molecule has 1 fully saturated rings. The van der Waals surface area contributed by atoms with Crippen molar-refractivity contribution in [1.29, 1.82) is 0 Å². The molecule has 0 aliphatic heterocycles. The number of aliphatic hydroxyl groups excluding tert-OH is 1. The summed E-state index contributed by atoms with van der Waals surface area (Å²) in [6.45, 7) is 4.30. The molecule has 1 saturated carbocycles. The van der Waals surface area contributed by atoms with E-state index >= 15 is 0 Å². The van der Waals surface area contributed by atoms with Crippen LogP contribution in [-0.4, -0.2) is 11.2 Å². The highest BCUT2D eigenvalue weighted by atomic mass is 16.3. The molecule has 0 aromatic heterocycles. The fourth-order valence-electron chi connectivity index (χ4n) is 1.47. The number of rotatable bonds is 1. The van der Waals surface area contributed by atoms with Gasteiger partial charge in [0, 0.05) is 0 Å². The van der Waals surface area contributed by atoms with Gasteiger partial charge in [-0.15, -0.1) is 0 Å². The molecule has 1 rings (SSSR count). The van der Waals surface area contributed by atoms with Gasteiger partial charge in [0.2, 0.25) is 0 Å². The third kappa shape index (κ3) is 1.84. The first kappa shape index (κ1) is 7.80. The summed E-state index contributed by atoms with van der Waals surface area (Å²) in [7, 11) is 0. The molecule has 0 saturated heterocycles. The summed E-state index contributed by atoms with van der Waals surface area (Å²) in [6.07, 6.45) is 5.32. The van der Waals surface area contributed by atoms with Gasteiger partial charge in [0.05, 0.1) is 6.10 Å².